The summed E-state index contributed by atoms with van der Waals surface area (Å²) in [4.78, 5) is 6.65. The molecule has 1 aliphatic heterocycles. The number of β-amino-alcohol motifs (C(OH)–C–C–N with tert-alkyl or cyclic N) is 1. The highest BCUT2D eigenvalue weighted by Gasteiger charge is 2.25. The zero-order chi connectivity index (χ0) is 16.5. The number of hydrogen-bond acceptors (Lipinski definition) is 6. The summed E-state index contributed by atoms with van der Waals surface area (Å²) in [6, 6.07) is 1.78. The van der Waals surface area contributed by atoms with E-state index in [4.69, 9.17) is 9.26 Å². The number of ether oxygens (including phenoxy) is 1. The van der Waals surface area contributed by atoms with Gasteiger partial charge in [0.2, 0.25) is 0 Å². The molecule has 1 aromatic heterocycles. The molecule has 0 saturated carbocycles. The van der Waals surface area contributed by atoms with E-state index < -0.39 is 5.60 Å². The predicted octanol–water partition coefficient (Wildman–Crippen LogP) is 0.431. The van der Waals surface area contributed by atoms with Gasteiger partial charge in [-0.15, -0.1) is 24.0 Å². The molecule has 8 nitrogen and oxygen atoms in total. The molecule has 1 fully saturated rings. The van der Waals surface area contributed by atoms with Crippen LogP contribution in [0.25, 0.3) is 0 Å². The van der Waals surface area contributed by atoms with E-state index in [2.05, 4.69) is 25.7 Å². The number of nitrogens with one attached hydrogen (secondary N) is 2. The molecular weight excluding hydrogens is 425 g/mol. The second-order valence-electron chi connectivity index (χ2n) is 5.92. The van der Waals surface area contributed by atoms with Gasteiger partial charge in [0.15, 0.2) is 5.96 Å². The number of nitrogens with zero attached hydrogens (tertiary/aromatic N) is 3. The normalized spacial score (nSPS) is 18.5. The molecule has 2 rings (SSSR count). The SMILES string of the molecule is CCNC(=NCc1ccon1)NCC(C)(O)CN1CCOCC1.I. The van der Waals surface area contributed by atoms with Crippen LogP contribution in [0.15, 0.2) is 21.8 Å². The van der Waals surface area contributed by atoms with Crippen LogP contribution in [0, 0.1) is 0 Å². The summed E-state index contributed by atoms with van der Waals surface area (Å²) >= 11 is 0. The number of guanidine groups is 1. The number of aromatic nitrogens is 1. The van der Waals surface area contributed by atoms with E-state index in [1.165, 1.54) is 6.26 Å². The molecule has 24 heavy (non-hydrogen) atoms. The van der Waals surface area contributed by atoms with E-state index in [1.807, 2.05) is 13.8 Å². The van der Waals surface area contributed by atoms with Crippen molar-refractivity contribution in [2.24, 2.45) is 4.99 Å². The lowest BCUT2D eigenvalue weighted by Gasteiger charge is -2.34. The van der Waals surface area contributed by atoms with Gasteiger partial charge in [-0.05, 0) is 13.8 Å². The molecule has 1 aromatic rings. The molecule has 1 unspecified atom stereocenters. The highest BCUT2D eigenvalue weighted by molar-refractivity contribution is 14.0. The van der Waals surface area contributed by atoms with E-state index in [9.17, 15) is 5.11 Å². The largest absolute Gasteiger partial charge is 0.387 e. The molecule has 3 N–H and O–H groups in total. The second-order valence-corrected chi connectivity index (χ2v) is 5.92. The maximum atomic E-state index is 10.6. The summed E-state index contributed by atoms with van der Waals surface area (Å²) in [7, 11) is 0. The molecule has 0 aliphatic carbocycles. The van der Waals surface area contributed by atoms with Gasteiger partial charge in [0.25, 0.3) is 0 Å². The van der Waals surface area contributed by atoms with Crippen molar-refractivity contribution in [1.29, 1.82) is 0 Å². The Morgan fingerprint density at radius 2 is 2.17 bits per heavy atom. The first-order valence-electron chi connectivity index (χ1n) is 8.03. The Balaban J connectivity index is 0.00000288. The Morgan fingerprint density at radius 3 is 2.79 bits per heavy atom. The maximum Gasteiger partial charge on any atom is 0.191 e. The first-order chi connectivity index (χ1) is 11.1. The Kier molecular flexibility index (Phi) is 9.56. The van der Waals surface area contributed by atoms with Crippen molar-refractivity contribution < 1.29 is 14.4 Å². The van der Waals surface area contributed by atoms with Crippen molar-refractivity contribution in [2.45, 2.75) is 26.0 Å². The fourth-order valence-electron chi connectivity index (χ4n) is 2.39. The van der Waals surface area contributed by atoms with Gasteiger partial charge in [-0.2, -0.15) is 0 Å². The van der Waals surface area contributed by atoms with Crippen molar-refractivity contribution >= 4 is 29.9 Å². The van der Waals surface area contributed by atoms with Crippen molar-refractivity contribution in [1.82, 2.24) is 20.7 Å². The summed E-state index contributed by atoms with van der Waals surface area (Å²) in [6.45, 7) is 9.19. The lowest BCUT2D eigenvalue weighted by molar-refractivity contribution is -0.0201. The molecule has 1 atom stereocenters. The average Bonchev–Trinajstić information content (AvgIpc) is 3.04. The van der Waals surface area contributed by atoms with Gasteiger partial charge in [-0.1, -0.05) is 5.16 Å². The number of aliphatic imine (C=N–C) groups is 1. The summed E-state index contributed by atoms with van der Waals surface area (Å²) in [5.74, 6) is 0.651. The van der Waals surface area contributed by atoms with Crippen LogP contribution in [0.1, 0.15) is 19.5 Å². The fraction of sp³-hybridized carbons (Fsp3) is 0.733. The quantitative estimate of drug-likeness (QED) is 0.313. The summed E-state index contributed by atoms with van der Waals surface area (Å²) in [5.41, 5.74) is -0.0798. The van der Waals surface area contributed by atoms with Crippen LogP contribution in [0.3, 0.4) is 0 Å². The van der Waals surface area contributed by atoms with Crippen LogP contribution >= 0.6 is 24.0 Å². The molecule has 0 amide bonds. The van der Waals surface area contributed by atoms with Gasteiger partial charge in [0, 0.05) is 38.8 Å². The van der Waals surface area contributed by atoms with Crippen LogP contribution in [0.5, 0.6) is 0 Å². The van der Waals surface area contributed by atoms with Crippen molar-refractivity contribution in [3.05, 3.63) is 18.0 Å². The van der Waals surface area contributed by atoms with Gasteiger partial charge in [-0.3, -0.25) is 4.90 Å². The van der Waals surface area contributed by atoms with Gasteiger partial charge in [0.1, 0.15) is 12.0 Å². The van der Waals surface area contributed by atoms with Crippen LogP contribution in [-0.2, 0) is 11.3 Å². The van der Waals surface area contributed by atoms with E-state index in [-0.39, 0.29) is 24.0 Å². The lowest BCUT2D eigenvalue weighted by Crippen LogP contribution is -2.52. The molecule has 0 spiro atoms. The molecule has 1 saturated heterocycles. The maximum absolute atomic E-state index is 10.6. The second kappa shape index (κ2) is 10.9. The minimum Gasteiger partial charge on any atom is -0.387 e. The predicted molar refractivity (Wildman–Crippen MR) is 103 cm³/mol. The van der Waals surface area contributed by atoms with E-state index >= 15 is 0 Å². The van der Waals surface area contributed by atoms with E-state index in [0.29, 0.717) is 25.6 Å². The molecule has 138 valence electrons. The zero-order valence-corrected chi connectivity index (χ0v) is 16.7. The minimum absolute atomic E-state index is 0. The fourth-order valence-corrected chi connectivity index (χ4v) is 2.39. The monoisotopic (exact) mass is 453 g/mol. The third kappa shape index (κ3) is 7.77. The molecule has 0 aromatic carbocycles. The Morgan fingerprint density at radius 1 is 1.42 bits per heavy atom. The Labute approximate surface area is 160 Å². The van der Waals surface area contributed by atoms with Gasteiger partial charge < -0.3 is 25.0 Å². The standard InChI is InChI=1S/C15H27N5O3.HI/c1-3-16-14(17-10-13-4-7-23-19-13)18-11-15(2,21)12-20-5-8-22-9-6-20;/h4,7,21H,3,5-6,8-12H2,1-2H3,(H2,16,17,18);1H. The first-order valence-corrected chi connectivity index (χ1v) is 8.03. The smallest absolute Gasteiger partial charge is 0.191 e. The summed E-state index contributed by atoms with van der Waals surface area (Å²) in [5, 5.41) is 20.8. The van der Waals surface area contributed by atoms with E-state index in [1.54, 1.807) is 6.07 Å². The molecule has 2 heterocycles. The minimum atomic E-state index is -0.846. The van der Waals surface area contributed by atoms with E-state index in [0.717, 1.165) is 38.5 Å². The molecule has 9 heteroatoms. The molecule has 0 radical (unpaired) electrons. The van der Waals surface area contributed by atoms with Crippen molar-refractivity contribution in [3.63, 3.8) is 0 Å². The number of halogens is 1. The van der Waals surface area contributed by atoms with Gasteiger partial charge >= 0.3 is 0 Å². The third-order valence-electron chi connectivity index (χ3n) is 3.54. The summed E-state index contributed by atoms with van der Waals surface area (Å²) < 4.78 is 10.1. The highest BCUT2D eigenvalue weighted by Crippen LogP contribution is 2.07. The van der Waals surface area contributed by atoms with Crippen LogP contribution in [0.4, 0.5) is 0 Å². The first kappa shape index (κ1) is 21.1. The lowest BCUT2D eigenvalue weighted by atomic mass is 10.1. The molecular formula is C15H28IN5O3. The topological polar surface area (TPSA) is 95.2 Å². The van der Waals surface area contributed by atoms with Gasteiger partial charge in [0.05, 0.1) is 25.4 Å². The Bertz CT molecular complexity index is 475. The average molecular weight is 453 g/mol. The highest BCUT2D eigenvalue weighted by atomic mass is 127. The number of aliphatic hydroxyl groups is 1. The number of morpholine rings is 1. The van der Waals surface area contributed by atoms with Crippen molar-refractivity contribution in [2.75, 3.05) is 45.9 Å². The Hall–Kier alpha value is -0.910. The summed E-state index contributed by atoms with van der Waals surface area (Å²) in [6.07, 6.45) is 1.53. The number of hydrogen-bond donors (Lipinski definition) is 3. The third-order valence-corrected chi connectivity index (χ3v) is 3.54. The number of rotatable bonds is 7. The van der Waals surface area contributed by atoms with Gasteiger partial charge in [-0.25, -0.2) is 4.99 Å². The molecule has 0 bridgehead atoms. The van der Waals surface area contributed by atoms with Crippen molar-refractivity contribution in [3.8, 4) is 0 Å². The van der Waals surface area contributed by atoms with Crippen LogP contribution in [0.2, 0.25) is 0 Å². The zero-order valence-electron chi connectivity index (χ0n) is 14.3. The van der Waals surface area contributed by atoms with Crippen LogP contribution in [-0.4, -0.2) is 72.7 Å². The van der Waals surface area contributed by atoms with Crippen LogP contribution < -0.4 is 10.6 Å². The molecule has 1 aliphatic rings.